The smallest absolute Gasteiger partial charge is 0.337 e. The summed E-state index contributed by atoms with van der Waals surface area (Å²) in [5.74, 6) is 0.571. The maximum absolute atomic E-state index is 11.8. The third-order valence-corrected chi connectivity index (χ3v) is 2.05. The summed E-state index contributed by atoms with van der Waals surface area (Å²) in [5.41, 5.74) is 0. The van der Waals surface area contributed by atoms with Crippen molar-refractivity contribution in [2.24, 2.45) is 0 Å². The second-order valence-electron chi connectivity index (χ2n) is 3.81. The fraction of sp³-hybridized carbons (Fsp3) is 0.667. The van der Waals surface area contributed by atoms with Crippen LogP contribution in [-0.4, -0.2) is 52.3 Å². The van der Waals surface area contributed by atoms with Crippen LogP contribution in [0.1, 0.15) is 11.6 Å². The van der Waals surface area contributed by atoms with Crippen LogP contribution in [0.15, 0.2) is 0 Å². The van der Waals surface area contributed by atoms with Gasteiger partial charge < -0.3 is 10.2 Å². The maximum atomic E-state index is 11.8. The zero-order valence-corrected chi connectivity index (χ0v) is 10.0. The van der Waals surface area contributed by atoms with E-state index in [1.807, 2.05) is 5.32 Å². The number of amides is 1. The number of aromatic amines is 1. The summed E-state index contributed by atoms with van der Waals surface area (Å²) in [5, 5.41) is 8.47. The van der Waals surface area contributed by atoms with E-state index in [1.165, 1.54) is 11.9 Å². The molecule has 1 aromatic heterocycles. The molecule has 0 radical (unpaired) electrons. The van der Waals surface area contributed by atoms with Gasteiger partial charge in [-0.15, -0.1) is 0 Å². The largest absolute Gasteiger partial charge is 0.401 e. The lowest BCUT2D eigenvalue weighted by Gasteiger charge is -2.16. The number of hydrogen-bond acceptors (Lipinski definition) is 4. The Morgan fingerprint density at radius 1 is 1.50 bits per heavy atom. The number of aryl methyl sites for hydroxylation is 1. The zero-order chi connectivity index (χ0) is 13.8. The molecule has 0 saturated heterocycles. The normalized spacial score (nSPS) is 11.6. The molecule has 102 valence electrons. The highest BCUT2D eigenvalue weighted by Gasteiger charge is 2.26. The van der Waals surface area contributed by atoms with Crippen LogP contribution in [0.4, 0.5) is 13.2 Å². The van der Waals surface area contributed by atoms with Gasteiger partial charge in [-0.3, -0.25) is 9.89 Å². The van der Waals surface area contributed by atoms with E-state index in [4.69, 9.17) is 0 Å². The number of carbonyl (C=O) groups excluding carboxylic acids is 1. The average molecular weight is 265 g/mol. The van der Waals surface area contributed by atoms with Gasteiger partial charge >= 0.3 is 6.18 Å². The van der Waals surface area contributed by atoms with Gasteiger partial charge in [0.2, 0.25) is 5.91 Å². The Labute approximate surface area is 102 Å². The Morgan fingerprint density at radius 2 is 2.17 bits per heavy atom. The molecule has 0 fully saturated rings. The highest BCUT2D eigenvalue weighted by atomic mass is 19.4. The van der Waals surface area contributed by atoms with E-state index >= 15 is 0 Å². The number of rotatable bonds is 5. The first-order valence-electron chi connectivity index (χ1n) is 5.17. The van der Waals surface area contributed by atoms with Gasteiger partial charge in [-0.1, -0.05) is 0 Å². The minimum Gasteiger partial charge on any atom is -0.337 e. The second-order valence-corrected chi connectivity index (χ2v) is 3.81. The van der Waals surface area contributed by atoms with E-state index < -0.39 is 18.6 Å². The van der Waals surface area contributed by atoms with Crippen LogP contribution in [0.25, 0.3) is 0 Å². The van der Waals surface area contributed by atoms with E-state index in [9.17, 15) is 18.0 Å². The Hall–Kier alpha value is -1.64. The monoisotopic (exact) mass is 265 g/mol. The molecule has 6 nitrogen and oxygen atoms in total. The summed E-state index contributed by atoms with van der Waals surface area (Å²) in [7, 11) is 1.48. The Morgan fingerprint density at radius 3 is 2.67 bits per heavy atom. The van der Waals surface area contributed by atoms with Crippen molar-refractivity contribution in [1.29, 1.82) is 0 Å². The first kappa shape index (κ1) is 14.4. The second kappa shape index (κ2) is 5.80. The van der Waals surface area contributed by atoms with E-state index in [0.29, 0.717) is 11.6 Å². The van der Waals surface area contributed by atoms with Gasteiger partial charge in [0.05, 0.1) is 19.6 Å². The molecule has 1 amide bonds. The Kier molecular flexibility index (Phi) is 4.65. The van der Waals surface area contributed by atoms with E-state index in [-0.39, 0.29) is 13.1 Å². The molecule has 0 spiro atoms. The SMILES string of the molecule is Cc1nc(CN(C)C(=O)CNCC(F)(F)F)n[nH]1. The topological polar surface area (TPSA) is 73.9 Å². The van der Waals surface area contributed by atoms with Crippen molar-refractivity contribution in [3.05, 3.63) is 11.6 Å². The molecule has 0 aliphatic carbocycles. The molecule has 9 heteroatoms. The van der Waals surface area contributed by atoms with Crippen molar-refractivity contribution in [2.75, 3.05) is 20.1 Å². The fourth-order valence-corrected chi connectivity index (χ4v) is 1.21. The van der Waals surface area contributed by atoms with Crippen LogP contribution in [0, 0.1) is 6.92 Å². The summed E-state index contributed by atoms with van der Waals surface area (Å²) in [4.78, 5) is 16.7. The zero-order valence-electron chi connectivity index (χ0n) is 10.0. The number of nitrogens with zero attached hydrogens (tertiary/aromatic N) is 3. The average Bonchev–Trinajstić information content (AvgIpc) is 2.61. The third kappa shape index (κ3) is 5.13. The number of likely N-dealkylation sites (N-methyl/N-ethyl adjacent to an activating group) is 1. The van der Waals surface area contributed by atoms with Crippen molar-refractivity contribution in [1.82, 2.24) is 25.4 Å². The quantitative estimate of drug-likeness (QED) is 0.799. The van der Waals surface area contributed by atoms with Gasteiger partial charge in [0.15, 0.2) is 5.82 Å². The van der Waals surface area contributed by atoms with E-state index in [0.717, 1.165) is 0 Å². The molecule has 0 bridgehead atoms. The molecule has 0 atom stereocenters. The van der Waals surface area contributed by atoms with Gasteiger partial charge in [-0.25, -0.2) is 4.98 Å². The van der Waals surface area contributed by atoms with E-state index in [1.54, 1.807) is 6.92 Å². The predicted octanol–water partition coefficient (Wildman–Crippen LogP) is 0.223. The van der Waals surface area contributed by atoms with Crippen molar-refractivity contribution in [2.45, 2.75) is 19.6 Å². The van der Waals surface area contributed by atoms with Crippen LogP contribution in [0.2, 0.25) is 0 Å². The predicted molar refractivity (Wildman–Crippen MR) is 56.5 cm³/mol. The highest BCUT2D eigenvalue weighted by Crippen LogP contribution is 2.11. The number of nitrogens with one attached hydrogen (secondary N) is 2. The Balaban J connectivity index is 2.33. The molecule has 18 heavy (non-hydrogen) atoms. The Bertz CT molecular complexity index is 403. The maximum Gasteiger partial charge on any atom is 0.401 e. The molecule has 1 aromatic rings. The van der Waals surface area contributed by atoms with Gasteiger partial charge in [0, 0.05) is 7.05 Å². The van der Waals surface area contributed by atoms with Gasteiger partial charge in [0.1, 0.15) is 5.82 Å². The van der Waals surface area contributed by atoms with Crippen molar-refractivity contribution in [3.8, 4) is 0 Å². The molecular weight excluding hydrogens is 251 g/mol. The summed E-state index contributed by atoms with van der Waals surface area (Å²) in [6.45, 7) is 0.297. The van der Waals surface area contributed by atoms with Gasteiger partial charge in [0.25, 0.3) is 0 Å². The molecule has 0 aliphatic rings. The molecule has 1 rings (SSSR count). The summed E-state index contributed by atoms with van der Waals surface area (Å²) >= 11 is 0. The summed E-state index contributed by atoms with van der Waals surface area (Å²) < 4.78 is 35.5. The summed E-state index contributed by atoms with van der Waals surface area (Å²) in [6, 6.07) is 0. The number of carbonyl (C=O) groups is 1. The number of halogens is 3. The number of aromatic nitrogens is 3. The van der Waals surface area contributed by atoms with Crippen molar-refractivity contribution < 1.29 is 18.0 Å². The molecule has 2 N–H and O–H groups in total. The van der Waals surface area contributed by atoms with Crippen molar-refractivity contribution >= 4 is 5.91 Å². The standard InChI is InChI=1S/C9H14F3N5O/c1-6-14-7(16-15-6)4-17(2)8(18)3-13-5-9(10,11)12/h13H,3-5H2,1-2H3,(H,14,15,16). The van der Waals surface area contributed by atoms with Crippen LogP contribution < -0.4 is 5.32 Å². The number of alkyl halides is 3. The molecule has 0 aromatic carbocycles. The lowest BCUT2D eigenvalue weighted by Crippen LogP contribution is -2.39. The minimum absolute atomic E-state index is 0.150. The van der Waals surface area contributed by atoms with Crippen LogP contribution in [0.5, 0.6) is 0 Å². The molecule has 0 unspecified atom stereocenters. The van der Waals surface area contributed by atoms with Crippen LogP contribution in [-0.2, 0) is 11.3 Å². The van der Waals surface area contributed by atoms with Crippen molar-refractivity contribution in [3.63, 3.8) is 0 Å². The van der Waals surface area contributed by atoms with Crippen LogP contribution in [0.3, 0.4) is 0 Å². The van der Waals surface area contributed by atoms with Gasteiger partial charge in [-0.05, 0) is 6.92 Å². The fourth-order valence-electron chi connectivity index (χ4n) is 1.21. The lowest BCUT2D eigenvalue weighted by molar-refractivity contribution is -0.133. The minimum atomic E-state index is -4.32. The highest BCUT2D eigenvalue weighted by molar-refractivity contribution is 5.77. The molecule has 0 saturated carbocycles. The molecule has 0 aliphatic heterocycles. The first-order chi connectivity index (χ1) is 8.28. The first-order valence-corrected chi connectivity index (χ1v) is 5.17. The molecule has 1 heterocycles. The third-order valence-electron chi connectivity index (χ3n) is 2.05. The van der Waals surface area contributed by atoms with E-state index in [2.05, 4.69) is 15.2 Å². The van der Waals surface area contributed by atoms with Gasteiger partial charge in [-0.2, -0.15) is 18.3 Å². The molecular formula is C9H14F3N5O. The number of H-pyrrole nitrogens is 1. The van der Waals surface area contributed by atoms with Crippen LogP contribution >= 0.6 is 0 Å². The lowest BCUT2D eigenvalue weighted by atomic mass is 10.4. The number of hydrogen-bond donors (Lipinski definition) is 2. The summed E-state index contributed by atoms with van der Waals surface area (Å²) in [6.07, 6.45) is -4.32.